The largest absolute Gasteiger partial charge is 0.480 e. The van der Waals surface area contributed by atoms with Gasteiger partial charge in [0.15, 0.2) is 0 Å². The van der Waals surface area contributed by atoms with Gasteiger partial charge in [-0.3, -0.25) is 13.8 Å². The second-order valence-corrected chi connectivity index (χ2v) is 6.08. The van der Waals surface area contributed by atoms with E-state index in [2.05, 4.69) is 0 Å². The summed E-state index contributed by atoms with van der Waals surface area (Å²) in [5.41, 5.74) is -1.17. The first kappa shape index (κ1) is 11.6. The Hall–Kier alpha value is -0.910. The highest BCUT2D eigenvalue weighted by molar-refractivity contribution is 7.85. The Morgan fingerprint density at radius 3 is 2.12 bits per heavy atom. The molecule has 6 heteroatoms. The summed E-state index contributed by atoms with van der Waals surface area (Å²) in [4.78, 5) is 24.8. The van der Waals surface area contributed by atoms with Crippen molar-refractivity contribution in [3.8, 4) is 0 Å². The van der Waals surface area contributed by atoms with Gasteiger partial charge in [-0.15, -0.1) is 0 Å². The molecule has 1 heterocycles. The van der Waals surface area contributed by atoms with Crippen molar-refractivity contribution >= 4 is 22.7 Å². The molecule has 0 unspecified atom stereocenters. The Balaban J connectivity index is 2.06. The molecule has 2 aliphatic rings. The van der Waals surface area contributed by atoms with Gasteiger partial charge in [-0.1, -0.05) is 6.42 Å². The fraction of sp³-hybridized carbons (Fsp3) is 0.800. The van der Waals surface area contributed by atoms with E-state index in [4.69, 9.17) is 5.11 Å². The highest BCUT2D eigenvalue weighted by Crippen LogP contribution is 2.42. The van der Waals surface area contributed by atoms with Gasteiger partial charge in [0.2, 0.25) is 5.91 Å². The molecule has 1 amide bonds. The topological polar surface area (TPSA) is 74.7 Å². The molecule has 1 saturated heterocycles. The average Bonchev–Trinajstić information content (AvgIpc) is 2.16. The van der Waals surface area contributed by atoms with Crippen molar-refractivity contribution in [2.75, 3.05) is 24.6 Å². The molecule has 0 radical (unpaired) electrons. The predicted octanol–water partition coefficient (Wildman–Crippen LogP) is -0.168. The number of carbonyl (C=O) groups is 2. The van der Waals surface area contributed by atoms with Crippen LogP contribution in [-0.4, -0.2) is 50.7 Å². The lowest BCUT2D eigenvalue weighted by Gasteiger charge is -2.40. The van der Waals surface area contributed by atoms with Crippen molar-refractivity contribution < 1.29 is 18.9 Å². The molecule has 0 bridgehead atoms. The number of aliphatic carboxylic acids is 1. The van der Waals surface area contributed by atoms with Gasteiger partial charge in [-0.25, -0.2) is 0 Å². The normalized spacial score (nSPS) is 24.9. The maximum Gasteiger partial charge on any atom is 0.319 e. The Kier molecular flexibility index (Phi) is 3.01. The van der Waals surface area contributed by atoms with Crippen LogP contribution in [0.2, 0.25) is 0 Å². The summed E-state index contributed by atoms with van der Waals surface area (Å²) in [7, 11) is -0.840. The number of hydrogen-bond donors (Lipinski definition) is 1. The summed E-state index contributed by atoms with van der Waals surface area (Å²) in [5, 5.41) is 9.13. The quantitative estimate of drug-likeness (QED) is 0.686. The minimum Gasteiger partial charge on any atom is -0.480 e. The van der Waals surface area contributed by atoms with Gasteiger partial charge >= 0.3 is 5.97 Å². The molecular formula is C10H15NO4S. The second-order valence-electron chi connectivity index (χ2n) is 4.38. The van der Waals surface area contributed by atoms with Crippen LogP contribution in [-0.2, 0) is 20.4 Å². The van der Waals surface area contributed by atoms with E-state index in [-0.39, 0.29) is 5.91 Å². The van der Waals surface area contributed by atoms with Crippen molar-refractivity contribution in [2.24, 2.45) is 5.41 Å². The third kappa shape index (κ3) is 1.75. The van der Waals surface area contributed by atoms with Crippen molar-refractivity contribution in [2.45, 2.75) is 19.3 Å². The molecule has 0 aromatic rings. The molecule has 0 spiro atoms. The Labute approximate surface area is 96.3 Å². The van der Waals surface area contributed by atoms with Crippen LogP contribution in [0, 0.1) is 5.41 Å². The van der Waals surface area contributed by atoms with Crippen LogP contribution in [0.3, 0.4) is 0 Å². The number of hydrogen-bond acceptors (Lipinski definition) is 3. The summed E-state index contributed by atoms with van der Waals surface area (Å²) in [6.07, 6.45) is 1.69. The third-order valence-electron chi connectivity index (χ3n) is 3.49. The lowest BCUT2D eigenvalue weighted by atomic mass is 9.67. The highest BCUT2D eigenvalue weighted by atomic mass is 32.2. The maximum absolute atomic E-state index is 12.1. The fourth-order valence-electron chi connectivity index (χ4n) is 2.19. The molecule has 90 valence electrons. The van der Waals surface area contributed by atoms with Gasteiger partial charge in [-0.2, -0.15) is 0 Å². The zero-order valence-electron chi connectivity index (χ0n) is 8.98. The van der Waals surface area contributed by atoms with E-state index in [1.54, 1.807) is 4.90 Å². The zero-order chi connectivity index (χ0) is 11.8. The van der Waals surface area contributed by atoms with E-state index in [0.29, 0.717) is 37.4 Å². The number of carboxylic acids is 1. The number of carbonyl (C=O) groups excluding carboxylic acids is 1. The zero-order valence-corrected chi connectivity index (χ0v) is 9.79. The van der Waals surface area contributed by atoms with Gasteiger partial charge in [0.05, 0.1) is 0 Å². The molecule has 1 N–H and O–H groups in total. The van der Waals surface area contributed by atoms with E-state index >= 15 is 0 Å². The predicted molar refractivity (Wildman–Crippen MR) is 58.4 cm³/mol. The summed E-state index contributed by atoms with van der Waals surface area (Å²) in [6.45, 7) is 0.862. The molecule has 1 saturated carbocycles. The van der Waals surface area contributed by atoms with Gasteiger partial charge < -0.3 is 10.0 Å². The first-order chi connectivity index (χ1) is 7.56. The highest BCUT2D eigenvalue weighted by Gasteiger charge is 2.53. The van der Waals surface area contributed by atoms with Crippen LogP contribution in [0.1, 0.15) is 19.3 Å². The lowest BCUT2D eigenvalue weighted by Crippen LogP contribution is -2.55. The third-order valence-corrected chi connectivity index (χ3v) is 4.77. The average molecular weight is 245 g/mol. The number of nitrogens with zero attached hydrogens (tertiary/aromatic N) is 1. The molecule has 0 aromatic carbocycles. The molecule has 2 fully saturated rings. The number of carboxylic acid groups (broad SMARTS) is 1. The summed E-state index contributed by atoms with van der Waals surface area (Å²) in [6, 6.07) is 0. The molecule has 5 nitrogen and oxygen atoms in total. The Bertz CT molecular complexity index is 341. The van der Waals surface area contributed by atoms with Gasteiger partial charge in [0.1, 0.15) is 5.41 Å². The van der Waals surface area contributed by atoms with Gasteiger partial charge in [-0.05, 0) is 12.8 Å². The van der Waals surface area contributed by atoms with Crippen molar-refractivity contribution in [1.82, 2.24) is 4.90 Å². The number of rotatable bonds is 2. The van der Waals surface area contributed by atoms with Crippen molar-refractivity contribution in [3.63, 3.8) is 0 Å². The maximum atomic E-state index is 12.1. The molecule has 0 aromatic heterocycles. The molecular weight excluding hydrogens is 230 g/mol. The van der Waals surface area contributed by atoms with E-state index < -0.39 is 22.2 Å². The molecule has 0 atom stereocenters. The smallest absolute Gasteiger partial charge is 0.319 e. The second kappa shape index (κ2) is 4.16. The molecule has 1 aliphatic carbocycles. The fourth-order valence-corrected chi connectivity index (χ4v) is 3.25. The Morgan fingerprint density at radius 1 is 1.19 bits per heavy atom. The Morgan fingerprint density at radius 2 is 1.75 bits per heavy atom. The summed E-state index contributed by atoms with van der Waals surface area (Å²) in [5.74, 6) is -0.332. The van der Waals surface area contributed by atoms with Crippen molar-refractivity contribution in [1.29, 1.82) is 0 Å². The van der Waals surface area contributed by atoms with Crippen LogP contribution in [0.15, 0.2) is 0 Å². The monoisotopic (exact) mass is 245 g/mol. The van der Waals surface area contributed by atoms with E-state index in [1.807, 2.05) is 0 Å². The number of amides is 1. The van der Waals surface area contributed by atoms with Crippen LogP contribution in [0.25, 0.3) is 0 Å². The van der Waals surface area contributed by atoms with Crippen molar-refractivity contribution in [3.05, 3.63) is 0 Å². The van der Waals surface area contributed by atoms with E-state index in [0.717, 1.165) is 6.42 Å². The SMILES string of the molecule is O=C(O)C1(C(=O)N2CCS(=O)CC2)CCC1. The molecule has 16 heavy (non-hydrogen) atoms. The lowest BCUT2D eigenvalue weighted by molar-refractivity contribution is -0.167. The van der Waals surface area contributed by atoms with Crippen LogP contribution < -0.4 is 0 Å². The van der Waals surface area contributed by atoms with Gasteiger partial charge in [0, 0.05) is 35.4 Å². The first-order valence-electron chi connectivity index (χ1n) is 5.44. The molecule has 1 aliphatic heterocycles. The van der Waals surface area contributed by atoms with Crippen LogP contribution in [0.4, 0.5) is 0 Å². The standard InChI is InChI=1S/C10H15NO4S/c12-8(10(9(13)14)2-1-3-10)11-4-6-16(15)7-5-11/h1-7H2,(H,13,14). The first-order valence-corrected chi connectivity index (χ1v) is 6.93. The van der Waals surface area contributed by atoms with Gasteiger partial charge in [0.25, 0.3) is 0 Å². The van der Waals surface area contributed by atoms with Crippen LogP contribution >= 0.6 is 0 Å². The summed E-state index contributed by atoms with van der Waals surface area (Å²) < 4.78 is 11.2. The van der Waals surface area contributed by atoms with E-state index in [1.165, 1.54) is 0 Å². The van der Waals surface area contributed by atoms with E-state index in [9.17, 15) is 13.8 Å². The summed E-state index contributed by atoms with van der Waals surface area (Å²) >= 11 is 0. The minimum absolute atomic E-state index is 0.275. The molecule has 2 rings (SSSR count). The minimum atomic E-state index is -1.17. The van der Waals surface area contributed by atoms with Crippen LogP contribution in [0.5, 0.6) is 0 Å².